The van der Waals surface area contributed by atoms with Crippen molar-refractivity contribution < 1.29 is 19.3 Å². The smallest absolute Gasteiger partial charge is 0.245 e. The maximum atomic E-state index is 9.74. The first-order valence-corrected chi connectivity index (χ1v) is 11.7. The SMILES string of the molecule is COc1cc(-c2cnc(Nc3nc(N4CCC[C@H]4CO)nn4cccc34)s2)cc(OC)c1OC. The lowest BCUT2D eigenvalue weighted by atomic mass is 10.1. The van der Waals surface area contributed by atoms with Gasteiger partial charge in [0, 0.05) is 24.5 Å². The first-order chi connectivity index (χ1) is 16.6. The molecule has 0 radical (unpaired) electrons. The average molecular weight is 483 g/mol. The van der Waals surface area contributed by atoms with Crippen LogP contribution in [0.1, 0.15) is 12.8 Å². The highest BCUT2D eigenvalue weighted by molar-refractivity contribution is 7.19. The first kappa shape index (κ1) is 22.2. The maximum absolute atomic E-state index is 9.74. The molecular formula is C23H26N6O4S. The summed E-state index contributed by atoms with van der Waals surface area (Å²) in [6.07, 6.45) is 5.62. The van der Waals surface area contributed by atoms with Crippen molar-refractivity contribution in [3.8, 4) is 27.7 Å². The van der Waals surface area contributed by atoms with E-state index in [4.69, 9.17) is 19.2 Å². The average Bonchev–Trinajstić information content (AvgIpc) is 3.63. The second-order valence-electron chi connectivity index (χ2n) is 7.84. The molecule has 4 aromatic rings. The molecule has 4 heterocycles. The zero-order valence-electron chi connectivity index (χ0n) is 19.2. The topological polar surface area (TPSA) is 106 Å². The highest BCUT2D eigenvalue weighted by Gasteiger charge is 2.27. The molecule has 1 aliphatic heterocycles. The van der Waals surface area contributed by atoms with Gasteiger partial charge < -0.3 is 29.5 Å². The van der Waals surface area contributed by atoms with E-state index in [2.05, 4.69) is 20.3 Å². The Morgan fingerprint density at radius 2 is 1.97 bits per heavy atom. The van der Waals surface area contributed by atoms with Crippen LogP contribution in [0.15, 0.2) is 36.7 Å². The van der Waals surface area contributed by atoms with Gasteiger partial charge in [-0.05, 0) is 37.1 Å². The normalized spacial score (nSPS) is 15.6. The highest BCUT2D eigenvalue weighted by atomic mass is 32.1. The molecule has 1 atom stereocenters. The highest BCUT2D eigenvalue weighted by Crippen LogP contribution is 2.43. The van der Waals surface area contributed by atoms with E-state index in [1.807, 2.05) is 30.5 Å². The number of methoxy groups -OCH3 is 3. The maximum Gasteiger partial charge on any atom is 0.245 e. The van der Waals surface area contributed by atoms with Gasteiger partial charge in [-0.25, -0.2) is 9.50 Å². The quantitative estimate of drug-likeness (QED) is 0.390. The molecule has 0 bridgehead atoms. The molecule has 5 rings (SSSR count). The molecule has 1 aliphatic rings. The van der Waals surface area contributed by atoms with E-state index in [1.165, 1.54) is 11.3 Å². The van der Waals surface area contributed by atoms with Crippen LogP contribution in [0.5, 0.6) is 17.2 Å². The van der Waals surface area contributed by atoms with E-state index in [1.54, 1.807) is 32.0 Å². The fraction of sp³-hybridized carbons (Fsp3) is 0.348. The van der Waals surface area contributed by atoms with Crippen molar-refractivity contribution in [1.29, 1.82) is 0 Å². The molecule has 0 unspecified atom stereocenters. The molecule has 1 fully saturated rings. The van der Waals surface area contributed by atoms with Gasteiger partial charge in [-0.1, -0.05) is 11.3 Å². The van der Waals surface area contributed by atoms with Crippen molar-refractivity contribution >= 4 is 33.8 Å². The van der Waals surface area contributed by atoms with E-state index in [-0.39, 0.29) is 12.6 Å². The summed E-state index contributed by atoms with van der Waals surface area (Å²) in [4.78, 5) is 12.3. The molecule has 0 aliphatic carbocycles. The Hall–Kier alpha value is -3.57. The van der Waals surface area contributed by atoms with Gasteiger partial charge in [0.15, 0.2) is 22.4 Å². The summed E-state index contributed by atoms with van der Waals surface area (Å²) in [6, 6.07) is 7.71. The summed E-state index contributed by atoms with van der Waals surface area (Å²) in [6.45, 7) is 0.903. The summed E-state index contributed by atoms with van der Waals surface area (Å²) < 4.78 is 18.2. The minimum atomic E-state index is 0.0346. The number of aromatic nitrogens is 4. The Kier molecular flexibility index (Phi) is 6.12. The molecule has 2 N–H and O–H groups in total. The lowest BCUT2D eigenvalue weighted by Crippen LogP contribution is -2.34. The molecule has 178 valence electrons. The van der Waals surface area contributed by atoms with Gasteiger partial charge in [0.05, 0.1) is 38.9 Å². The van der Waals surface area contributed by atoms with Gasteiger partial charge in [0.1, 0.15) is 5.52 Å². The number of aliphatic hydroxyl groups is 1. The number of benzene rings is 1. The Labute approximate surface area is 200 Å². The first-order valence-electron chi connectivity index (χ1n) is 10.9. The van der Waals surface area contributed by atoms with Crippen LogP contribution < -0.4 is 24.4 Å². The lowest BCUT2D eigenvalue weighted by Gasteiger charge is -2.23. The van der Waals surface area contributed by atoms with Crippen LogP contribution in [0.4, 0.5) is 16.9 Å². The molecule has 1 saturated heterocycles. The summed E-state index contributed by atoms with van der Waals surface area (Å²) in [7, 11) is 4.77. The Morgan fingerprint density at radius 1 is 1.18 bits per heavy atom. The molecule has 1 aromatic carbocycles. The minimum Gasteiger partial charge on any atom is -0.493 e. The van der Waals surface area contributed by atoms with Crippen molar-refractivity contribution in [2.75, 3.05) is 44.7 Å². The van der Waals surface area contributed by atoms with Crippen molar-refractivity contribution in [1.82, 2.24) is 19.6 Å². The molecule has 0 spiro atoms. The second-order valence-corrected chi connectivity index (χ2v) is 8.87. The summed E-state index contributed by atoms with van der Waals surface area (Å²) in [5.74, 6) is 2.95. The van der Waals surface area contributed by atoms with E-state index in [0.29, 0.717) is 34.1 Å². The van der Waals surface area contributed by atoms with Gasteiger partial charge in [0.25, 0.3) is 0 Å². The van der Waals surface area contributed by atoms with Crippen molar-refractivity contribution in [3.05, 3.63) is 36.7 Å². The van der Waals surface area contributed by atoms with Crippen LogP contribution in [0.2, 0.25) is 0 Å². The Balaban J connectivity index is 1.47. The number of fused-ring (bicyclic) bond motifs is 1. The molecule has 11 heteroatoms. The zero-order valence-corrected chi connectivity index (χ0v) is 20.0. The number of ether oxygens (including phenoxy) is 3. The fourth-order valence-corrected chi connectivity index (χ4v) is 5.02. The minimum absolute atomic E-state index is 0.0346. The van der Waals surface area contributed by atoms with Crippen LogP contribution in [-0.4, -0.2) is 65.2 Å². The Bertz CT molecular complexity index is 1280. The predicted octanol–water partition coefficient (Wildman–Crippen LogP) is 3.58. The summed E-state index contributed by atoms with van der Waals surface area (Å²) in [5.41, 5.74) is 1.74. The van der Waals surface area contributed by atoms with Crippen molar-refractivity contribution in [2.45, 2.75) is 18.9 Å². The fourth-order valence-electron chi connectivity index (χ4n) is 4.22. The summed E-state index contributed by atoms with van der Waals surface area (Å²) >= 11 is 1.49. The van der Waals surface area contributed by atoms with Gasteiger partial charge in [-0.3, -0.25) is 0 Å². The third-order valence-corrected chi connectivity index (χ3v) is 6.87. The number of nitrogens with zero attached hydrogens (tertiary/aromatic N) is 5. The van der Waals surface area contributed by atoms with E-state index >= 15 is 0 Å². The molecule has 0 saturated carbocycles. The van der Waals surface area contributed by atoms with Crippen molar-refractivity contribution in [3.63, 3.8) is 0 Å². The number of rotatable bonds is 8. The molecule has 10 nitrogen and oxygen atoms in total. The van der Waals surface area contributed by atoms with Gasteiger partial charge in [0.2, 0.25) is 11.7 Å². The van der Waals surface area contributed by atoms with Gasteiger partial charge in [-0.2, -0.15) is 4.98 Å². The van der Waals surface area contributed by atoms with E-state index in [9.17, 15) is 5.11 Å². The number of thiazole rings is 1. The molecule has 34 heavy (non-hydrogen) atoms. The third kappa shape index (κ3) is 3.97. The van der Waals surface area contributed by atoms with Crippen LogP contribution >= 0.6 is 11.3 Å². The van der Waals surface area contributed by atoms with Gasteiger partial charge >= 0.3 is 0 Å². The predicted molar refractivity (Wildman–Crippen MR) is 131 cm³/mol. The van der Waals surface area contributed by atoms with Gasteiger partial charge in [-0.15, -0.1) is 5.10 Å². The number of aliphatic hydroxyl groups excluding tert-OH is 1. The molecule has 3 aromatic heterocycles. The van der Waals surface area contributed by atoms with Crippen LogP contribution in [-0.2, 0) is 0 Å². The van der Waals surface area contributed by atoms with Crippen LogP contribution in [0.3, 0.4) is 0 Å². The number of hydrogen-bond acceptors (Lipinski definition) is 10. The summed E-state index contributed by atoms with van der Waals surface area (Å²) in [5, 5.41) is 18.4. The Morgan fingerprint density at radius 3 is 2.68 bits per heavy atom. The number of hydrogen-bond donors (Lipinski definition) is 2. The second kappa shape index (κ2) is 9.35. The number of nitrogens with one attached hydrogen (secondary N) is 1. The largest absolute Gasteiger partial charge is 0.493 e. The standard InChI is InChI=1S/C23H26N6O4S/c1-31-17-10-14(11-18(32-2)20(17)33-3)19-12-24-23(34-19)26-21-16-7-5-9-29(16)27-22(25-21)28-8-4-6-15(28)13-30/h5,7,9-12,15,30H,4,6,8,13H2,1-3H3,(H,24,25,26,27)/t15-/m0/s1. The van der Waals surface area contributed by atoms with E-state index < -0.39 is 0 Å². The van der Waals surface area contributed by atoms with Crippen LogP contribution in [0.25, 0.3) is 16.0 Å². The lowest BCUT2D eigenvalue weighted by molar-refractivity contribution is 0.265. The zero-order chi connectivity index (χ0) is 23.7. The third-order valence-electron chi connectivity index (χ3n) is 5.90. The van der Waals surface area contributed by atoms with E-state index in [0.717, 1.165) is 35.3 Å². The van der Waals surface area contributed by atoms with Crippen LogP contribution in [0, 0.1) is 0 Å². The number of anilines is 3. The molecule has 0 amide bonds. The molecular weight excluding hydrogens is 456 g/mol. The van der Waals surface area contributed by atoms with Crippen molar-refractivity contribution in [2.24, 2.45) is 0 Å². The monoisotopic (exact) mass is 482 g/mol.